The van der Waals surface area contributed by atoms with Gasteiger partial charge in [0.05, 0.1) is 20.9 Å². The van der Waals surface area contributed by atoms with E-state index in [2.05, 4.69) is 0 Å². The molecule has 0 radical (unpaired) electrons. The number of benzene rings is 4. The molecule has 6 nitrogen and oxygen atoms in total. The summed E-state index contributed by atoms with van der Waals surface area (Å²) >= 11 is 11.6. The first-order valence-electron chi connectivity index (χ1n) is 10.1. The van der Waals surface area contributed by atoms with Crippen molar-refractivity contribution in [1.82, 2.24) is 0 Å². The summed E-state index contributed by atoms with van der Waals surface area (Å²) in [6.45, 7) is 0. The quantitative estimate of drug-likeness (QED) is 0.217. The van der Waals surface area contributed by atoms with Gasteiger partial charge in [-0.25, -0.2) is 18.0 Å². The Bertz CT molecular complexity index is 1350. The van der Waals surface area contributed by atoms with Crippen LogP contribution < -0.4 is 9.47 Å². The Kier molecular flexibility index (Phi) is 7.21. The van der Waals surface area contributed by atoms with E-state index in [1.165, 1.54) is 72.8 Å². The lowest BCUT2D eigenvalue weighted by Gasteiger charge is -2.09. The Morgan fingerprint density at radius 2 is 0.829 bits per heavy atom. The van der Waals surface area contributed by atoms with Gasteiger partial charge in [0.15, 0.2) is 0 Å². The van der Waals surface area contributed by atoms with Crippen LogP contribution in [0.1, 0.15) is 20.7 Å². The lowest BCUT2D eigenvalue weighted by atomic mass is 10.2. The third-order valence-electron chi connectivity index (χ3n) is 4.85. The highest BCUT2D eigenvalue weighted by molar-refractivity contribution is 7.91. The van der Waals surface area contributed by atoms with Gasteiger partial charge in [-0.15, -0.1) is 0 Å². The third-order valence-corrected chi connectivity index (χ3v) is 7.14. The number of carbonyl (C=O) groups excluding carboxylic acids is 2. The summed E-state index contributed by atoms with van der Waals surface area (Å²) in [7, 11) is -3.85. The first-order chi connectivity index (χ1) is 16.7. The van der Waals surface area contributed by atoms with Crippen molar-refractivity contribution in [3.8, 4) is 11.5 Å². The van der Waals surface area contributed by atoms with Crippen LogP contribution in [0.2, 0.25) is 10.0 Å². The highest BCUT2D eigenvalue weighted by Gasteiger charge is 2.19. The fourth-order valence-electron chi connectivity index (χ4n) is 3.01. The van der Waals surface area contributed by atoms with Crippen LogP contribution in [0.15, 0.2) is 107 Å². The molecule has 4 rings (SSSR count). The molecule has 0 aliphatic heterocycles. The molecule has 9 heteroatoms. The Morgan fingerprint density at radius 3 is 1.14 bits per heavy atom. The van der Waals surface area contributed by atoms with Crippen LogP contribution in [0, 0.1) is 0 Å². The van der Waals surface area contributed by atoms with Gasteiger partial charge >= 0.3 is 11.9 Å². The maximum atomic E-state index is 13.0. The van der Waals surface area contributed by atoms with Crippen molar-refractivity contribution in [2.75, 3.05) is 0 Å². The second-order valence-electron chi connectivity index (χ2n) is 7.24. The molecule has 0 saturated carbocycles. The standard InChI is InChI=1S/C26H16Cl2O6S/c27-19-5-1-17(2-6-19)25(29)33-21-9-13-23(14-10-21)35(31,32)24-15-11-22(12-16-24)34-26(30)18-3-7-20(28)8-4-18/h1-16H. The van der Waals surface area contributed by atoms with E-state index in [4.69, 9.17) is 32.7 Å². The predicted octanol–water partition coefficient (Wildman–Crippen LogP) is 6.26. The first kappa shape index (κ1) is 24.5. The van der Waals surface area contributed by atoms with Crippen LogP contribution in [0.4, 0.5) is 0 Å². The second kappa shape index (κ2) is 10.3. The molecule has 0 aliphatic carbocycles. The highest BCUT2D eigenvalue weighted by Crippen LogP contribution is 2.26. The lowest BCUT2D eigenvalue weighted by Crippen LogP contribution is -2.09. The van der Waals surface area contributed by atoms with Crippen molar-refractivity contribution in [3.63, 3.8) is 0 Å². The van der Waals surface area contributed by atoms with E-state index >= 15 is 0 Å². The molecule has 0 fully saturated rings. The van der Waals surface area contributed by atoms with E-state index < -0.39 is 21.8 Å². The van der Waals surface area contributed by atoms with Crippen molar-refractivity contribution < 1.29 is 27.5 Å². The molecule has 0 aromatic heterocycles. The van der Waals surface area contributed by atoms with Crippen LogP contribution in [0.5, 0.6) is 11.5 Å². The zero-order valence-corrected chi connectivity index (χ0v) is 20.2. The number of rotatable bonds is 6. The summed E-state index contributed by atoms with van der Waals surface area (Å²) in [4.78, 5) is 24.5. The largest absolute Gasteiger partial charge is 0.423 e. The van der Waals surface area contributed by atoms with Crippen molar-refractivity contribution in [2.45, 2.75) is 9.79 Å². The Labute approximate surface area is 211 Å². The van der Waals surface area contributed by atoms with Crippen molar-refractivity contribution >= 4 is 45.0 Å². The predicted molar refractivity (Wildman–Crippen MR) is 131 cm³/mol. The minimum Gasteiger partial charge on any atom is -0.423 e. The molecule has 176 valence electrons. The zero-order valence-electron chi connectivity index (χ0n) is 17.9. The number of carbonyl (C=O) groups is 2. The molecule has 35 heavy (non-hydrogen) atoms. The fourth-order valence-corrected chi connectivity index (χ4v) is 4.53. The average molecular weight is 527 g/mol. The van der Waals surface area contributed by atoms with Crippen molar-refractivity contribution in [1.29, 1.82) is 0 Å². The SMILES string of the molecule is O=C(Oc1ccc(S(=O)(=O)c2ccc(OC(=O)c3ccc(Cl)cc3)cc2)cc1)c1ccc(Cl)cc1. The number of halogens is 2. The summed E-state index contributed by atoms with van der Waals surface area (Å²) < 4.78 is 36.5. The van der Waals surface area contributed by atoms with E-state index in [0.717, 1.165) is 0 Å². The second-order valence-corrected chi connectivity index (χ2v) is 10.1. The summed E-state index contributed by atoms with van der Waals surface area (Å²) in [5.74, 6) is -0.816. The van der Waals surface area contributed by atoms with Crippen molar-refractivity contribution in [2.24, 2.45) is 0 Å². The molecule has 0 heterocycles. The van der Waals surface area contributed by atoms with Crippen molar-refractivity contribution in [3.05, 3.63) is 118 Å². The van der Waals surface area contributed by atoms with Crippen LogP contribution in [-0.2, 0) is 9.84 Å². The van der Waals surface area contributed by atoms with E-state index in [1.807, 2.05) is 0 Å². The summed E-state index contributed by atoms with van der Waals surface area (Å²) in [5.41, 5.74) is 0.617. The molecule has 0 spiro atoms. The maximum absolute atomic E-state index is 13.0. The lowest BCUT2D eigenvalue weighted by molar-refractivity contribution is 0.0725. The van der Waals surface area contributed by atoms with E-state index in [9.17, 15) is 18.0 Å². The molecular weight excluding hydrogens is 511 g/mol. The molecule has 4 aromatic carbocycles. The Balaban J connectivity index is 1.44. The number of hydrogen-bond donors (Lipinski definition) is 0. The van der Waals surface area contributed by atoms with Gasteiger partial charge in [0.2, 0.25) is 9.84 Å². The molecule has 0 bridgehead atoms. The Hall–Kier alpha value is -3.65. The topological polar surface area (TPSA) is 86.7 Å². The zero-order chi connectivity index (χ0) is 25.0. The Morgan fingerprint density at radius 1 is 0.514 bits per heavy atom. The molecule has 0 unspecified atom stereocenters. The van der Waals surface area contributed by atoms with Gasteiger partial charge in [-0.3, -0.25) is 0 Å². The number of sulfone groups is 1. The molecule has 0 N–H and O–H groups in total. The molecule has 0 aliphatic rings. The smallest absolute Gasteiger partial charge is 0.343 e. The maximum Gasteiger partial charge on any atom is 0.343 e. The summed E-state index contributed by atoms with van der Waals surface area (Å²) in [5, 5.41) is 0.979. The minimum absolute atomic E-state index is 0.00898. The minimum atomic E-state index is -3.85. The van der Waals surface area contributed by atoms with Gasteiger partial charge in [0, 0.05) is 10.0 Å². The van der Waals surface area contributed by atoms with Gasteiger partial charge in [-0.2, -0.15) is 0 Å². The average Bonchev–Trinajstić information content (AvgIpc) is 2.85. The third kappa shape index (κ3) is 5.89. The number of esters is 2. The van der Waals surface area contributed by atoms with E-state index in [-0.39, 0.29) is 21.3 Å². The first-order valence-corrected chi connectivity index (χ1v) is 12.4. The normalized spacial score (nSPS) is 11.0. The van der Waals surface area contributed by atoms with Crippen LogP contribution >= 0.6 is 23.2 Å². The molecule has 0 amide bonds. The van der Waals surface area contributed by atoms with Gasteiger partial charge < -0.3 is 9.47 Å². The molecule has 4 aromatic rings. The number of hydrogen-bond acceptors (Lipinski definition) is 6. The van der Waals surface area contributed by atoms with Crippen LogP contribution in [0.25, 0.3) is 0 Å². The highest BCUT2D eigenvalue weighted by atomic mass is 35.5. The van der Waals surface area contributed by atoms with Crippen LogP contribution in [-0.4, -0.2) is 20.4 Å². The van der Waals surface area contributed by atoms with E-state index in [1.54, 1.807) is 24.3 Å². The number of ether oxygens (including phenoxy) is 2. The monoisotopic (exact) mass is 526 g/mol. The summed E-state index contributed by atoms with van der Waals surface area (Å²) in [6, 6.07) is 23.3. The molecular formula is C26H16Cl2O6S. The van der Waals surface area contributed by atoms with Gasteiger partial charge in [0.25, 0.3) is 0 Å². The van der Waals surface area contributed by atoms with Gasteiger partial charge in [-0.05, 0) is 97.1 Å². The molecule has 0 atom stereocenters. The fraction of sp³-hybridized carbons (Fsp3) is 0. The van der Waals surface area contributed by atoms with Gasteiger partial charge in [-0.1, -0.05) is 23.2 Å². The van der Waals surface area contributed by atoms with E-state index in [0.29, 0.717) is 21.2 Å². The van der Waals surface area contributed by atoms with Gasteiger partial charge in [0.1, 0.15) is 11.5 Å². The summed E-state index contributed by atoms with van der Waals surface area (Å²) in [6.07, 6.45) is 0. The molecule has 0 saturated heterocycles. The van der Waals surface area contributed by atoms with Crippen LogP contribution in [0.3, 0.4) is 0 Å².